The molecule has 3 heteroatoms. The van der Waals surface area contributed by atoms with Crippen molar-refractivity contribution in [3.05, 3.63) is 0 Å². The van der Waals surface area contributed by atoms with Gasteiger partial charge in [0.15, 0.2) is 0 Å². The van der Waals surface area contributed by atoms with E-state index >= 15 is 0 Å². The van der Waals surface area contributed by atoms with E-state index in [0.717, 1.165) is 18.8 Å². The smallest absolute Gasteiger partial charge is 0.304 e. The van der Waals surface area contributed by atoms with Crippen LogP contribution < -0.4 is 5.73 Å². The van der Waals surface area contributed by atoms with Crippen LogP contribution in [-0.2, 0) is 4.79 Å². The van der Waals surface area contributed by atoms with Gasteiger partial charge in [-0.2, -0.15) is 0 Å². The molecular weight excluding hydrogens is 226 g/mol. The highest BCUT2D eigenvalue weighted by molar-refractivity contribution is 5.67. The van der Waals surface area contributed by atoms with Crippen LogP contribution in [0.5, 0.6) is 0 Å². The highest BCUT2D eigenvalue weighted by Crippen LogP contribution is 2.29. The van der Waals surface area contributed by atoms with E-state index < -0.39 is 5.97 Å². The maximum atomic E-state index is 10.7. The first-order valence-corrected chi connectivity index (χ1v) is 7.60. The third kappa shape index (κ3) is 5.85. The third-order valence-electron chi connectivity index (χ3n) is 4.45. The summed E-state index contributed by atoms with van der Waals surface area (Å²) in [6.45, 7) is 2.12. The van der Waals surface area contributed by atoms with Gasteiger partial charge in [0.05, 0.1) is 6.42 Å². The Hall–Kier alpha value is -0.570. The van der Waals surface area contributed by atoms with Crippen LogP contribution in [0.15, 0.2) is 0 Å². The van der Waals surface area contributed by atoms with Crippen LogP contribution in [0.1, 0.15) is 71.1 Å². The van der Waals surface area contributed by atoms with Crippen LogP contribution in [0.2, 0.25) is 0 Å². The summed E-state index contributed by atoms with van der Waals surface area (Å²) in [5.74, 6) is 0.532. The molecule has 2 unspecified atom stereocenters. The Balaban J connectivity index is 2.19. The molecule has 1 fully saturated rings. The van der Waals surface area contributed by atoms with E-state index in [4.69, 9.17) is 10.8 Å². The fourth-order valence-electron chi connectivity index (χ4n) is 3.23. The zero-order chi connectivity index (χ0) is 13.4. The molecule has 2 atom stereocenters. The van der Waals surface area contributed by atoms with Crippen molar-refractivity contribution >= 4 is 5.97 Å². The van der Waals surface area contributed by atoms with Crippen molar-refractivity contribution in [3.8, 4) is 0 Å². The van der Waals surface area contributed by atoms with Gasteiger partial charge < -0.3 is 10.8 Å². The summed E-state index contributed by atoms with van der Waals surface area (Å²) in [6.07, 6.45) is 11.8. The van der Waals surface area contributed by atoms with Gasteiger partial charge in [-0.3, -0.25) is 4.79 Å². The summed E-state index contributed by atoms with van der Waals surface area (Å²) >= 11 is 0. The van der Waals surface area contributed by atoms with Crippen molar-refractivity contribution in [2.24, 2.45) is 17.6 Å². The molecule has 1 aliphatic carbocycles. The van der Waals surface area contributed by atoms with Gasteiger partial charge in [0, 0.05) is 6.04 Å². The van der Waals surface area contributed by atoms with Gasteiger partial charge >= 0.3 is 5.97 Å². The molecule has 0 radical (unpaired) electrons. The lowest BCUT2D eigenvalue weighted by Crippen LogP contribution is -2.32. The highest BCUT2D eigenvalue weighted by atomic mass is 16.4. The van der Waals surface area contributed by atoms with Gasteiger partial charge in [0.2, 0.25) is 0 Å². The molecule has 0 heterocycles. The lowest BCUT2D eigenvalue weighted by molar-refractivity contribution is -0.137. The Morgan fingerprint density at radius 3 is 2.56 bits per heavy atom. The zero-order valence-corrected chi connectivity index (χ0v) is 11.7. The number of hydrogen-bond donors (Lipinski definition) is 2. The SMILES string of the molecule is CCC(CCCC1CCCCC1)C(N)CC(=O)O. The maximum absolute atomic E-state index is 10.7. The highest BCUT2D eigenvalue weighted by Gasteiger charge is 2.19. The summed E-state index contributed by atoms with van der Waals surface area (Å²) in [7, 11) is 0. The molecule has 1 rings (SSSR count). The Kier molecular flexibility index (Phi) is 7.33. The molecule has 0 aromatic heterocycles. The third-order valence-corrected chi connectivity index (χ3v) is 4.45. The van der Waals surface area contributed by atoms with E-state index in [-0.39, 0.29) is 12.5 Å². The van der Waals surface area contributed by atoms with Gasteiger partial charge in [0.25, 0.3) is 0 Å². The first-order valence-electron chi connectivity index (χ1n) is 7.60. The number of carboxylic acid groups (broad SMARTS) is 1. The molecule has 1 saturated carbocycles. The summed E-state index contributed by atoms with van der Waals surface area (Å²) < 4.78 is 0. The van der Waals surface area contributed by atoms with Gasteiger partial charge in [0.1, 0.15) is 0 Å². The number of hydrogen-bond acceptors (Lipinski definition) is 2. The fourth-order valence-corrected chi connectivity index (χ4v) is 3.23. The van der Waals surface area contributed by atoms with E-state index in [1.807, 2.05) is 0 Å². The van der Waals surface area contributed by atoms with Crippen LogP contribution in [0.3, 0.4) is 0 Å². The van der Waals surface area contributed by atoms with E-state index in [9.17, 15) is 4.79 Å². The number of carboxylic acids is 1. The second-order valence-electron chi connectivity index (χ2n) is 5.86. The number of nitrogens with two attached hydrogens (primary N) is 1. The monoisotopic (exact) mass is 255 g/mol. The van der Waals surface area contributed by atoms with Gasteiger partial charge in [-0.1, -0.05) is 58.3 Å². The topological polar surface area (TPSA) is 63.3 Å². The molecule has 0 amide bonds. The van der Waals surface area contributed by atoms with Gasteiger partial charge in [-0.25, -0.2) is 0 Å². The average molecular weight is 255 g/mol. The Bertz CT molecular complexity index is 237. The molecule has 18 heavy (non-hydrogen) atoms. The summed E-state index contributed by atoms with van der Waals surface area (Å²) in [4.78, 5) is 10.7. The van der Waals surface area contributed by atoms with E-state index in [1.165, 1.54) is 44.9 Å². The summed E-state index contributed by atoms with van der Waals surface area (Å²) in [5.41, 5.74) is 5.97. The first kappa shape index (κ1) is 15.5. The van der Waals surface area contributed by atoms with Crippen molar-refractivity contribution in [1.82, 2.24) is 0 Å². The zero-order valence-electron chi connectivity index (χ0n) is 11.7. The van der Waals surface area contributed by atoms with Crippen LogP contribution in [0, 0.1) is 11.8 Å². The van der Waals surface area contributed by atoms with Crippen molar-refractivity contribution in [1.29, 1.82) is 0 Å². The Morgan fingerprint density at radius 1 is 1.33 bits per heavy atom. The van der Waals surface area contributed by atoms with Crippen LogP contribution in [0.25, 0.3) is 0 Å². The number of rotatable bonds is 8. The molecule has 0 aromatic carbocycles. The summed E-state index contributed by atoms with van der Waals surface area (Å²) in [5, 5.41) is 8.78. The fraction of sp³-hybridized carbons (Fsp3) is 0.933. The number of aliphatic carboxylic acids is 1. The van der Waals surface area contributed by atoms with Crippen LogP contribution >= 0.6 is 0 Å². The predicted molar refractivity (Wildman–Crippen MR) is 74.4 cm³/mol. The van der Waals surface area contributed by atoms with Crippen LogP contribution in [0.4, 0.5) is 0 Å². The molecule has 3 N–H and O–H groups in total. The lowest BCUT2D eigenvalue weighted by Gasteiger charge is -2.24. The van der Waals surface area contributed by atoms with Crippen molar-refractivity contribution in [2.75, 3.05) is 0 Å². The van der Waals surface area contributed by atoms with E-state index in [0.29, 0.717) is 5.92 Å². The molecular formula is C15H29NO2. The molecule has 0 saturated heterocycles. The minimum absolute atomic E-state index is 0.113. The molecule has 0 bridgehead atoms. The second kappa shape index (κ2) is 8.52. The minimum Gasteiger partial charge on any atom is -0.481 e. The average Bonchev–Trinajstić information content (AvgIpc) is 2.35. The lowest BCUT2D eigenvalue weighted by atomic mass is 9.83. The largest absolute Gasteiger partial charge is 0.481 e. The first-order chi connectivity index (χ1) is 8.63. The van der Waals surface area contributed by atoms with Crippen molar-refractivity contribution in [2.45, 2.75) is 77.2 Å². The molecule has 1 aliphatic rings. The van der Waals surface area contributed by atoms with Crippen LogP contribution in [-0.4, -0.2) is 17.1 Å². The van der Waals surface area contributed by atoms with Crippen molar-refractivity contribution in [3.63, 3.8) is 0 Å². The second-order valence-corrected chi connectivity index (χ2v) is 5.86. The minimum atomic E-state index is -0.770. The van der Waals surface area contributed by atoms with E-state index in [2.05, 4.69) is 6.92 Å². The standard InChI is InChI=1S/C15H29NO2/c1-2-13(14(16)11-15(17)18)10-6-9-12-7-4-3-5-8-12/h12-14H,2-11,16H2,1H3,(H,17,18). The Morgan fingerprint density at radius 2 is 2.00 bits per heavy atom. The molecule has 0 aromatic rings. The maximum Gasteiger partial charge on any atom is 0.304 e. The summed E-state index contributed by atoms with van der Waals surface area (Å²) in [6, 6.07) is -0.168. The number of carbonyl (C=O) groups is 1. The Labute approximate surface area is 111 Å². The van der Waals surface area contributed by atoms with Gasteiger partial charge in [-0.15, -0.1) is 0 Å². The normalized spacial score (nSPS) is 20.6. The van der Waals surface area contributed by atoms with Crippen molar-refractivity contribution < 1.29 is 9.90 Å². The molecule has 106 valence electrons. The molecule has 3 nitrogen and oxygen atoms in total. The van der Waals surface area contributed by atoms with Gasteiger partial charge in [-0.05, 0) is 18.3 Å². The quantitative estimate of drug-likeness (QED) is 0.697. The predicted octanol–water partition coefficient (Wildman–Crippen LogP) is 3.57. The van der Waals surface area contributed by atoms with E-state index in [1.54, 1.807) is 0 Å². The molecule has 0 spiro atoms. The molecule has 0 aliphatic heterocycles.